The van der Waals surface area contributed by atoms with E-state index in [9.17, 15) is 4.79 Å². The summed E-state index contributed by atoms with van der Waals surface area (Å²) in [5, 5.41) is 8.19. The molecule has 0 saturated heterocycles. The van der Waals surface area contributed by atoms with Gasteiger partial charge in [-0.1, -0.05) is 12.1 Å². The third-order valence-electron chi connectivity index (χ3n) is 3.11. The smallest absolute Gasteiger partial charge is 0.412 e. The Kier molecular flexibility index (Phi) is 5.74. The number of ether oxygens (including phenoxy) is 1. The highest BCUT2D eigenvalue weighted by Crippen LogP contribution is 2.15. The summed E-state index contributed by atoms with van der Waals surface area (Å²) in [5.74, 6) is 0. The lowest BCUT2D eigenvalue weighted by Crippen LogP contribution is -2.27. The molecule has 1 aromatic heterocycles. The molecule has 0 spiro atoms. The molecule has 1 amide bonds. The molecule has 1 unspecified atom stereocenters. The maximum Gasteiger partial charge on any atom is 0.412 e. The Hall–Kier alpha value is -1.92. The van der Waals surface area contributed by atoms with Crippen LogP contribution in [0.25, 0.3) is 0 Å². The number of nitrogens with one attached hydrogen (secondary N) is 2. The second-order valence-electron chi connectivity index (χ2n) is 6.34. The molecule has 6 heteroatoms. The first-order chi connectivity index (χ1) is 10.8. The lowest BCUT2D eigenvalue weighted by Gasteiger charge is -2.19. The summed E-state index contributed by atoms with van der Waals surface area (Å²) in [6.45, 7) is 8.35. The van der Waals surface area contributed by atoms with Crippen LogP contribution in [0.15, 0.2) is 35.2 Å². The van der Waals surface area contributed by atoms with E-state index in [1.165, 1.54) is 0 Å². The first-order valence-electron chi connectivity index (χ1n) is 7.54. The minimum atomic E-state index is -0.500. The second-order valence-corrected chi connectivity index (χ2v) is 7.06. The van der Waals surface area contributed by atoms with Crippen LogP contribution in [-0.4, -0.2) is 16.7 Å². The number of carbonyl (C=O) groups excluding carboxylic acids is 1. The largest absolute Gasteiger partial charge is 0.444 e. The van der Waals surface area contributed by atoms with Crippen LogP contribution in [0.5, 0.6) is 0 Å². The number of nitrogens with zero attached hydrogens (tertiary/aromatic N) is 1. The van der Waals surface area contributed by atoms with E-state index in [0.29, 0.717) is 0 Å². The van der Waals surface area contributed by atoms with Crippen molar-refractivity contribution in [1.29, 1.82) is 0 Å². The molecular weight excluding hydrogens is 310 g/mol. The zero-order valence-corrected chi connectivity index (χ0v) is 14.7. The lowest BCUT2D eigenvalue weighted by molar-refractivity contribution is 0.0636. The Morgan fingerprint density at radius 3 is 2.57 bits per heavy atom. The number of hydrogen-bond acceptors (Lipinski definition) is 5. The van der Waals surface area contributed by atoms with Gasteiger partial charge in [0.1, 0.15) is 5.60 Å². The maximum atomic E-state index is 11.7. The van der Waals surface area contributed by atoms with Gasteiger partial charge in [-0.3, -0.25) is 5.32 Å². The number of benzene rings is 1. The van der Waals surface area contributed by atoms with Gasteiger partial charge in [-0.05, 0) is 45.4 Å². The van der Waals surface area contributed by atoms with Crippen LogP contribution >= 0.6 is 11.3 Å². The lowest BCUT2D eigenvalue weighted by atomic mass is 10.2. The van der Waals surface area contributed by atoms with E-state index < -0.39 is 11.7 Å². The fourth-order valence-corrected chi connectivity index (χ4v) is 2.59. The van der Waals surface area contributed by atoms with E-state index in [0.717, 1.165) is 23.5 Å². The van der Waals surface area contributed by atoms with Crippen molar-refractivity contribution >= 4 is 23.1 Å². The van der Waals surface area contributed by atoms with E-state index >= 15 is 0 Å². The van der Waals surface area contributed by atoms with Crippen molar-refractivity contribution < 1.29 is 9.53 Å². The van der Waals surface area contributed by atoms with Gasteiger partial charge in [0.15, 0.2) is 0 Å². The average Bonchev–Trinajstić information content (AvgIpc) is 2.98. The van der Waals surface area contributed by atoms with Gasteiger partial charge in [0.2, 0.25) is 0 Å². The molecule has 124 valence electrons. The molecule has 0 fully saturated rings. The van der Waals surface area contributed by atoms with E-state index in [1.807, 2.05) is 55.9 Å². The van der Waals surface area contributed by atoms with Gasteiger partial charge >= 0.3 is 6.09 Å². The molecule has 1 atom stereocenters. The van der Waals surface area contributed by atoms with Crippen molar-refractivity contribution in [3.05, 3.63) is 46.4 Å². The van der Waals surface area contributed by atoms with Gasteiger partial charge in [-0.25, -0.2) is 9.78 Å². The van der Waals surface area contributed by atoms with Crippen molar-refractivity contribution in [3.63, 3.8) is 0 Å². The van der Waals surface area contributed by atoms with Crippen LogP contribution in [0.2, 0.25) is 0 Å². The highest BCUT2D eigenvalue weighted by atomic mass is 32.1. The number of aromatic nitrogens is 1. The van der Waals surface area contributed by atoms with E-state index in [-0.39, 0.29) is 6.04 Å². The van der Waals surface area contributed by atoms with Crippen molar-refractivity contribution in [3.8, 4) is 0 Å². The SMILES string of the molecule is CC(NCc1ccc(NC(=O)OC(C)(C)C)cc1)c1cscn1. The molecule has 0 aliphatic rings. The Balaban J connectivity index is 1.83. The molecular formula is C17H23N3O2S. The fraction of sp³-hybridized carbons (Fsp3) is 0.412. The topological polar surface area (TPSA) is 63.2 Å². The van der Waals surface area contributed by atoms with E-state index in [2.05, 4.69) is 22.5 Å². The minimum Gasteiger partial charge on any atom is -0.444 e. The number of thiazole rings is 1. The van der Waals surface area contributed by atoms with Gasteiger partial charge in [0.25, 0.3) is 0 Å². The van der Waals surface area contributed by atoms with Crippen molar-refractivity contribution in [1.82, 2.24) is 10.3 Å². The summed E-state index contributed by atoms with van der Waals surface area (Å²) in [4.78, 5) is 16.0. The van der Waals surface area contributed by atoms with Crippen LogP contribution < -0.4 is 10.6 Å². The first-order valence-corrected chi connectivity index (χ1v) is 8.48. The van der Waals surface area contributed by atoms with Crippen LogP contribution in [0, 0.1) is 0 Å². The molecule has 0 aliphatic heterocycles. The highest BCUT2D eigenvalue weighted by Gasteiger charge is 2.16. The number of amides is 1. The van der Waals surface area contributed by atoms with Gasteiger partial charge < -0.3 is 10.1 Å². The van der Waals surface area contributed by atoms with Crippen LogP contribution in [0.3, 0.4) is 0 Å². The molecule has 5 nitrogen and oxygen atoms in total. The molecule has 23 heavy (non-hydrogen) atoms. The van der Waals surface area contributed by atoms with Gasteiger partial charge in [0, 0.05) is 23.7 Å². The zero-order valence-electron chi connectivity index (χ0n) is 13.9. The summed E-state index contributed by atoms with van der Waals surface area (Å²) in [6, 6.07) is 7.91. The molecule has 2 rings (SSSR count). The predicted octanol–water partition coefficient (Wildman–Crippen LogP) is 4.34. The van der Waals surface area contributed by atoms with E-state index in [1.54, 1.807) is 11.3 Å². The molecule has 2 aromatic rings. The quantitative estimate of drug-likeness (QED) is 0.854. The molecule has 0 aliphatic carbocycles. The summed E-state index contributed by atoms with van der Waals surface area (Å²) in [6.07, 6.45) is -0.444. The Bertz CT molecular complexity index is 618. The fourth-order valence-electron chi connectivity index (χ4n) is 1.94. The zero-order chi connectivity index (χ0) is 16.9. The standard InChI is InChI=1S/C17H23N3O2S/c1-12(15-10-23-11-19-15)18-9-13-5-7-14(8-6-13)20-16(21)22-17(2,3)4/h5-8,10-12,18H,9H2,1-4H3,(H,20,21). The third kappa shape index (κ3) is 6.00. The summed E-state index contributed by atoms with van der Waals surface area (Å²) in [5.41, 5.74) is 4.25. The molecule has 1 aromatic carbocycles. The summed E-state index contributed by atoms with van der Waals surface area (Å²) in [7, 11) is 0. The van der Waals surface area contributed by atoms with Crippen molar-refractivity contribution in [2.45, 2.75) is 45.9 Å². The molecule has 0 bridgehead atoms. The number of rotatable bonds is 5. The number of carbonyl (C=O) groups is 1. The monoisotopic (exact) mass is 333 g/mol. The second kappa shape index (κ2) is 7.57. The van der Waals surface area contributed by atoms with Crippen LogP contribution in [0.4, 0.5) is 10.5 Å². The molecule has 0 radical (unpaired) electrons. The van der Waals surface area contributed by atoms with E-state index in [4.69, 9.17) is 4.74 Å². The number of hydrogen-bond donors (Lipinski definition) is 2. The normalized spacial score (nSPS) is 12.7. The minimum absolute atomic E-state index is 0.209. The predicted molar refractivity (Wildman–Crippen MR) is 93.7 cm³/mol. The Morgan fingerprint density at radius 1 is 1.30 bits per heavy atom. The van der Waals surface area contributed by atoms with Gasteiger partial charge in [-0.2, -0.15) is 0 Å². The highest BCUT2D eigenvalue weighted by molar-refractivity contribution is 7.07. The van der Waals surface area contributed by atoms with Crippen LogP contribution in [-0.2, 0) is 11.3 Å². The van der Waals surface area contributed by atoms with Gasteiger partial charge in [-0.15, -0.1) is 11.3 Å². The first kappa shape index (κ1) is 17.4. The summed E-state index contributed by atoms with van der Waals surface area (Å²) >= 11 is 1.60. The van der Waals surface area contributed by atoms with Gasteiger partial charge in [0.05, 0.1) is 11.2 Å². The Labute approximate surface area is 141 Å². The van der Waals surface area contributed by atoms with Crippen molar-refractivity contribution in [2.75, 3.05) is 5.32 Å². The number of anilines is 1. The third-order valence-corrected chi connectivity index (χ3v) is 3.71. The molecule has 0 saturated carbocycles. The maximum absolute atomic E-state index is 11.7. The van der Waals surface area contributed by atoms with Crippen molar-refractivity contribution in [2.24, 2.45) is 0 Å². The average molecular weight is 333 g/mol. The molecule has 1 heterocycles. The molecule has 2 N–H and O–H groups in total. The summed E-state index contributed by atoms with van der Waals surface area (Å²) < 4.78 is 5.22. The van der Waals surface area contributed by atoms with Crippen LogP contribution in [0.1, 0.15) is 45.0 Å². The Morgan fingerprint density at radius 2 is 2.00 bits per heavy atom.